The molecular formula is C46H35N3OPtS. The summed E-state index contributed by atoms with van der Waals surface area (Å²) >= 11 is 1.81. The van der Waals surface area contributed by atoms with Crippen molar-refractivity contribution in [2.75, 3.05) is 0 Å². The molecule has 2 bridgehead atoms. The van der Waals surface area contributed by atoms with E-state index in [1.807, 2.05) is 34.8 Å². The fraction of sp³-hybridized carbons (Fsp3) is 0.174. The second-order valence-electron chi connectivity index (χ2n) is 14.1. The van der Waals surface area contributed by atoms with Crippen LogP contribution in [0.3, 0.4) is 0 Å². The third kappa shape index (κ3) is 5.24. The maximum atomic E-state index is 6.82. The number of fused-ring (bicyclic) bond motifs is 7. The molecule has 1 aliphatic heterocycles. The topological polar surface area (TPSA) is 39.9 Å². The quantitative estimate of drug-likeness (QED) is 0.156. The first-order valence-electron chi connectivity index (χ1n) is 17.8. The third-order valence-corrected chi connectivity index (χ3v) is 12.3. The first-order chi connectivity index (χ1) is 25.1. The molecule has 6 heteroatoms. The van der Waals surface area contributed by atoms with E-state index in [4.69, 9.17) is 14.8 Å². The zero-order chi connectivity index (χ0) is 34.1. The SMILES string of the molecule is Cc1cccc(C)c1-c1cc(Oc2[c-]c(C3(c4ccccn4)c4ccccc4Sc4ccccc43)ccc2)[c-]c(-n2cc3c(n2)[C@@H]2CC[C@H]3C2)c1.[Pt+2]. The summed E-state index contributed by atoms with van der Waals surface area (Å²) in [5.74, 6) is 2.47. The zero-order valence-corrected chi connectivity index (χ0v) is 32.0. The molecule has 0 amide bonds. The van der Waals surface area contributed by atoms with Gasteiger partial charge in [0.05, 0.1) is 16.8 Å². The van der Waals surface area contributed by atoms with Gasteiger partial charge in [-0.05, 0) is 102 Å². The molecule has 0 radical (unpaired) electrons. The summed E-state index contributed by atoms with van der Waals surface area (Å²) in [6.07, 6.45) is 7.89. The van der Waals surface area contributed by atoms with Crippen LogP contribution in [0.5, 0.6) is 11.5 Å². The van der Waals surface area contributed by atoms with Crippen molar-refractivity contribution in [1.29, 1.82) is 0 Å². The van der Waals surface area contributed by atoms with Crippen LogP contribution in [-0.4, -0.2) is 14.8 Å². The molecule has 2 aliphatic carbocycles. The molecule has 2 atom stereocenters. The molecule has 256 valence electrons. The van der Waals surface area contributed by atoms with Gasteiger partial charge in [-0.1, -0.05) is 72.4 Å². The number of aryl methyl sites for hydroxylation is 2. The van der Waals surface area contributed by atoms with E-state index in [0.717, 1.165) is 22.5 Å². The van der Waals surface area contributed by atoms with Crippen LogP contribution < -0.4 is 4.74 Å². The molecule has 1 fully saturated rings. The Morgan fingerprint density at radius 2 is 1.46 bits per heavy atom. The Balaban J connectivity index is 0.00000360. The van der Waals surface area contributed by atoms with Gasteiger partial charge in [0.2, 0.25) is 0 Å². The van der Waals surface area contributed by atoms with Crippen LogP contribution in [0.4, 0.5) is 0 Å². The van der Waals surface area contributed by atoms with E-state index in [0.29, 0.717) is 23.3 Å². The fourth-order valence-electron chi connectivity index (χ4n) is 8.92. The van der Waals surface area contributed by atoms with Crippen molar-refractivity contribution in [1.82, 2.24) is 14.8 Å². The van der Waals surface area contributed by atoms with Crippen LogP contribution in [0.15, 0.2) is 137 Å². The molecule has 5 aromatic carbocycles. The van der Waals surface area contributed by atoms with E-state index in [2.05, 4.69) is 135 Å². The summed E-state index contributed by atoms with van der Waals surface area (Å²) in [7, 11) is 0. The smallest absolute Gasteiger partial charge is 0.509 e. The Labute approximate surface area is 323 Å². The number of pyridine rings is 1. The summed E-state index contributed by atoms with van der Waals surface area (Å²) in [6, 6.07) is 47.9. The minimum Gasteiger partial charge on any atom is -0.509 e. The summed E-state index contributed by atoms with van der Waals surface area (Å²) in [5.41, 5.74) is 11.9. The van der Waals surface area contributed by atoms with E-state index in [1.165, 1.54) is 68.1 Å². The molecule has 0 spiro atoms. The van der Waals surface area contributed by atoms with Crippen LogP contribution >= 0.6 is 11.8 Å². The van der Waals surface area contributed by atoms with Crippen molar-refractivity contribution in [3.8, 4) is 28.3 Å². The summed E-state index contributed by atoms with van der Waals surface area (Å²) in [6.45, 7) is 4.34. The molecule has 7 aromatic rings. The van der Waals surface area contributed by atoms with E-state index >= 15 is 0 Å². The van der Waals surface area contributed by atoms with Crippen molar-refractivity contribution >= 4 is 11.8 Å². The van der Waals surface area contributed by atoms with Crippen molar-refractivity contribution in [2.45, 2.75) is 60.2 Å². The van der Waals surface area contributed by atoms with Gasteiger partial charge >= 0.3 is 21.1 Å². The average molecular weight is 873 g/mol. The molecule has 0 N–H and O–H groups in total. The number of rotatable bonds is 6. The van der Waals surface area contributed by atoms with Gasteiger partial charge < -0.3 is 4.74 Å². The Kier molecular flexibility index (Phi) is 8.33. The Morgan fingerprint density at radius 1 is 0.750 bits per heavy atom. The fourth-order valence-corrected chi connectivity index (χ4v) is 10.1. The predicted molar refractivity (Wildman–Crippen MR) is 202 cm³/mol. The van der Waals surface area contributed by atoms with Crippen molar-refractivity contribution < 1.29 is 25.8 Å². The van der Waals surface area contributed by atoms with Crippen LogP contribution in [-0.2, 0) is 26.5 Å². The molecule has 3 heterocycles. The molecule has 2 aromatic heterocycles. The summed E-state index contributed by atoms with van der Waals surface area (Å²) in [5, 5.41) is 5.15. The minimum atomic E-state index is -0.691. The number of aromatic nitrogens is 3. The number of ether oxygens (including phenoxy) is 1. The standard InChI is InChI=1S/C46H35N3OS.Pt/c1-29-11-9-12-30(2)44(29)33-24-35(49-28-38-31-20-21-32(23-31)45(38)48-49)27-37(25-33)50-36-14-10-13-34(26-36)46(43-19-7-8-22-47-43)39-15-3-5-17-41(39)51-42-18-6-4-16-40(42)46;/h3-19,22,24-25,28,31-32H,20-21,23H2,1-2H3;/q-2;+2/t31-,32+;/m0./s1. The normalized spacial score (nSPS) is 17.5. The van der Waals surface area contributed by atoms with Crippen LogP contribution in [0.1, 0.15) is 75.9 Å². The second kappa shape index (κ2) is 13.1. The van der Waals surface area contributed by atoms with Gasteiger partial charge in [-0.15, -0.1) is 41.5 Å². The van der Waals surface area contributed by atoms with E-state index in [9.17, 15) is 0 Å². The van der Waals surface area contributed by atoms with Crippen LogP contribution in [0, 0.1) is 26.0 Å². The molecule has 52 heavy (non-hydrogen) atoms. The van der Waals surface area contributed by atoms with Gasteiger partial charge in [0.25, 0.3) is 0 Å². The second-order valence-corrected chi connectivity index (χ2v) is 15.2. The molecule has 0 saturated heterocycles. The van der Waals surface area contributed by atoms with Gasteiger partial charge in [-0.2, -0.15) is 17.2 Å². The van der Waals surface area contributed by atoms with E-state index in [1.54, 1.807) is 0 Å². The zero-order valence-electron chi connectivity index (χ0n) is 28.9. The Morgan fingerprint density at radius 3 is 2.19 bits per heavy atom. The van der Waals surface area contributed by atoms with Crippen molar-refractivity contribution in [2.24, 2.45) is 0 Å². The number of hydrogen-bond donors (Lipinski definition) is 0. The van der Waals surface area contributed by atoms with Gasteiger partial charge in [-0.3, -0.25) is 9.67 Å². The maximum absolute atomic E-state index is 6.82. The average Bonchev–Trinajstić information content (AvgIpc) is 3.90. The first-order valence-corrected chi connectivity index (χ1v) is 18.6. The van der Waals surface area contributed by atoms with Gasteiger partial charge in [0.1, 0.15) is 0 Å². The molecule has 4 nitrogen and oxygen atoms in total. The van der Waals surface area contributed by atoms with Gasteiger partial charge in [0, 0.05) is 39.6 Å². The molecular weight excluding hydrogens is 838 g/mol. The number of hydrogen-bond acceptors (Lipinski definition) is 4. The molecule has 10 rings (SSSR count). The van der Waals surface area contributed by atoms with Crippen molar-refractivity contribution in [3.05, 3.63) is 185 Å². The molecule has 3 aliphatic rings. The first kappa shape index (κ1) is 33.2. The van der Waals surface area contributed by atoms with Crippen LogP contribution in [0.2, 0.25) is 0 Å². The summed E-state index contributed by atoms with van der Waals surface area (Å²) in [4.78, 5) is 7.44. The predicted octanol–water partition coefficient (Wildman–Crippen LogP) is 11.2. The Bertz CT molecular complexity index is 2380. The molecule has 0 unspecified atom stereocenters. The largest absolute Gasteiger partial charge is 2.00 e. The minimum absolute atomic E-state index is 0. The summed E-state index contributed by atoms with van der Waals surface area (Å²) < 4.78 is 8.86. The number of nitrogens with zero attached hydrogens (tertiary/aromatic N) is 3. The van der Waals surface area contributed by atoms with Crippen LogP contribution in [0.25, 0.3) is 16.8 Å². The monoisotopic (exact) mass is 872 g/mol. The Hall–Kier alpha value is -4.70. The molecule has 1 saturated carbocycles. The van der Waals surface area contributed by atoms with E-state index < -0.39 is 5.41 Å². The van der Waals surface area contributed by atoms with Gasteiger partial charge in [-0.25, -0.2) is 0 Å². The van der Waals surface area contributed by atoms with Gasteiger partial charge in [0.15, 0.2) is 0 Å². The number of benzene rings is 5. The van der Waals surface area contributed by atoms with Crippen molar-refractivity contribution in [3.63, 3.8) is 0 Å². The third-order valence-electron chi connectivity index (χ3n) is 11.1. The maximum Gasteiger partial charge on any atom is 2.00 e. The van der Waals surface area contributed by atoms with E-state index in [-0.39, 0.29) is 21.1 Å².